The van der Waals surface area contributed by atoms with E-state index in [0.29, 0.717) is 0 Å². The summed E-state index contributed by atoms with van der Waals surface area (Å²) in [6.07, 6.45) is 1.10. The van der Waals surface area contributed by atoms with E-state index in [0.717, 1.165) is 6.26 Å². The largest absolute Gasteiger partial charge is 0.478 e. The number of hydrogen-bond acceptors (Lipinski definition) is 4. The molecular weight excluding hydrogens is 282 g/mol. The van der Waals surface area contributed by atoms with Crippen LogP contribution >= 0.6 is 0 Å². The molecule has 0 fully saturated rings. The Morgan fingerprint density at radius 1 is 1.25 bits per heavy atom. The smallest absolute Gasteiger partial charge is 0.335 e. The molecule has 0 spiro atoms. The molecule has 2 N–H and O–H groups in total. The first-order chi connectivity index (χ1) is 9.04. The number of rotatable bonds is 5. The molecule has 0 aliphatic heterocycles. The van der Waals surface area contributed by atoms with Crippen molar-refractivity contribution in [2.75, 3.05) is 12.8 Å². The number of nitrogens with one attached hydrogen (secondary N) is 1. The summed E-state index contributed by atoms with van der Waals surface area (Å²) in [4.78, 5) is 22.7. The predicted molar refractivity (Wildman–Crippen MR) is 74.7 cm³/mol. The second-order valence-electron chi connectivity index (χ2n) is 5.10. The number of carboxylic acid groups (broad SMARTS) is 1. The van der Waals surface area contributed by atoms with Gasteiger partial charge in [0, 0.05) is 18.4 Å². The van der Waals surface area contributed by atoms with Crippen LogP contribution in [0.3, 0.4) is 0 Å². The topological polar surface area (TPSA) is 101 Å². The molecule has 0 heterocycles. The van der Waals surface area contributed by atoms with E-state index in [1.165, 1.54) is 38.1 Å². The Morgan fingerprint density at radius 3 is 2.30 bits per heavy atom. The number of carbonyl (C=O) groups excluding carboxylic acids is 1. The van der Waals surface area contributed by atoms with Crippen LogP contribution in [0.2, 0.25) is 0 Å². The van der Waals surface area contributed by atoms with Gasteiger partial charge in [0.2, 0.25) is 0 Å². The molecule has 0 aliphatic rings. The lowest BCUT2D eigenvalue weighted by Crippen LogP contribution is -2.43. The van der Waals surface area contributed by atoms with Crippen molar-refractivity contribution in [3.8, 4) is 0 Å². The zero-order valence-electron chi connectivity index (χ0n) is 11.5. The van der Waals surface area contributed by atoms with Gasteiger partial charge in [-0.15, -0.1) is 0 Å². The minimum atomic E-state index is -3.31. The highest BCUT2D eigenvalue weighted by atomic mass is 32.2. The molecule has 20 heavy (non-hydrogen) atoms. The summed E-state index contributed by atoms with van der Waals surface area (Å²) < 4.78 is 21.9. The van der Waals surface area contributed by atoms with Crippen molar-refractivity contribution >= 4 is 21.7 Å². The van der Waals surface area contributed by atoms with Crippen molar-refractivity contribution in [2.24, 2.45) is 0 Å². The summed E-state index contributed by atoms with van der Waals surface area (Å²) in [6, 6.07) is 5.54. The van der Waals surface area contributed by atoms with Crippen LogP contribution in [0, 0.1) is 0 Å². The van der Waals surface area contributed by atoms with E-state index in [-0.39, 0.29) is 17.7 Å². The lowest BCUT2D eigenvalue weighted by atomic mass is 10.1. The molecule has 6 nitrogen and oxygen atoms in total. The number of benzene rings is 1. The van der Waals surface area contributed by atoms with E-state index in [1.807, 2.05) is 0 Å². The van der Waals surface area contributed by atoms with Crippen molar-refractivity contribution in [3.05, 3.63) is 35.4 Å². The molecule has 0 radical (unpaired) electrons. The van der Waals surface area contributed by atoms with Crippen molar-refractivity contribution in [2.45, 2.75) is 18.6 Å². The maximum atomic E-state index is 11.9. The molecule has 0 saturated carbocycles. The van der Waals surface area contributed by atoms with E-state index < -0.39 is 26.5 Å². The van der Waals surface area contributed by atoms with Gasteiger partial charge in [-0.3, -0.25) is 4.79 Å². The lowest BCUT2D eigenvalue weighted by molar-refractivity contribution is 0.0697. The SMILES string of the molecule is CC(C)(CNC(=O)c1cccc(C(=O)O)c1)S(C)(=O)=O. The molecule has 1 amide bonds. The van der Waals surface area contributed by atoms with Crippen LogP contribution in [0.4, 0.5) is 0 Å². The molecule has 1 aromatic carbocycles. The highest BCUT2D eigenvalue weighted by Gasteiger charge is 2.30. The van der Waals surface area contributed by atoms with Crippen LogP contribution in [0.25, 0.3) is 0 Å². The number of amides is 1. The highest BCUT2D eigenvalue weighted by molar-refractivity contribution is 7.92. The fourth-order valence-electron chi connectivity index (χ4n) is 1.32. The molecular formula is C13H17NO5S. The van der Waals surface area contributed by atoms with Crippen LogP contribution in [0.5, 0.6) is 0 Å². The molecule has 0 aliphatic carbocycles. The fraction of sp³-hybridized carbons (Fsp3) is 0.385. The number of carboxylic acids is 1. The van der Waals surface area contributed by atoms with Crippen molar-refractivity contribution in [1.82, 2.24) is 5.32 Å². The standard InChI is InChI=1S/C13H17NO5S/c1-13(2,20(3,18)19)8-14-11(15)9-5-4-6-10(7-9)12(16)17/h4-7H,8H2,1-3H3,(H,14,15)(H,16,17). The summed E-state index contributed by atoms with van der Waals surface area (Å²) in [5.74, 6) is -1.64. The van der Waals surface area contributed by atoms with Gasteiger partial charge in [0.1, 0.15) is 0 Å². The summed E-state index contributed by atoms with van der Waals surface area (Å²) in [6.45, 7) is 2.97. The molecule has 7 heteroatoms. The van der Waals surface area contributed by atoms with Crippen LogP contribution in [0.1, 0.15) is 34.6 Å². The quantitative estimate of drug-likeness (QED) is 0.842. The lowest BCUT2D eigenvalue weighted by Gasteiger charge is -2.22. The van der Waals surface area contributed by atoms with E-state index in [2.05, 4.69) is 5.32 Å². The Morgan fingerprint density at radius 2 is 1.80 bits per heavy atom. The van der Waals surface area contributed by atoms with Gasteiger partial charge >= 0.3 is 5.97 Å². The number of aromatic carboxylic acids is 1. The van der Waals surface area contributed by atoms with Crippen molar-refractivity contribution in [1.29, 1.82) is 0 Å². The van der Waals surface area contributed by atoms with Gasteiger partial charge in [0.15, 0.2) is 9.84 Å². The van der Waals surface area contributed by atoms with E-state index >= 15 is 0 Å². The maximum Gasteiger partial charge on any atom is 0.335 e. The van der Waals surface area contributed by atoms with Gasteiger partial charge in [0.25, 0.3) is 5.91 Å². The normalized spacial score (nSPS) is 11.9. The molecule has 1 rings (SSSR count). The van der Waals surface area contributed by atoms with Crippen LogP contribution in [-0.4, -0.2) is 42.9 Å². The third-order valence-corrected chi connectivity index (χ3v) is 5.20. The minimum absolute atomic E-state index is 0.0000215. The van der Waals surface area contributed by atoms with Gasteiger partial charge in [-0.05, 0) is 32.0 Å². The Balaban J connectivity index is 2.83. The van der Waals surface area contributed by atoms with E-state index in [1.54, 1.807) is 0 Å². The van der Waals surface area contributed by atoms with Gasteiger partial charge in [-0.1, -0.05) is 6.07 Å². The first kappa shape index (κ1) is 16.2. The highest BCUT2D eigenvalue weighted by Crippen LogP contribution is 2.14. The van der Waals surface area contributed by atoms with Crippen LogP contribution < -0.4 is 5.32 Å². The molecule has 0 aromatic heterocycles. The second kappa shape index (κ2) is 5.62. The minimum Gasteiger partial charge on any atom is -0.478 e. The Labute approximate surface area is 117 Å². The van der Waals surface area contributed by atoms with Gasteiger partial charge in [-0.25, -0.2) is 13.2 Å². The van der Waals surface area contributed by atoms with Gasteiger partial charge in [-0.2, -0.15) is 0 Å². The predicted octanol–water partition coefficient (Wildman–Crippen LogP) is 0.938. The molecule has 0 atom stereocenters. The summed E-state index contributed by atoms with van der Waals surface area (Å²) in [5, 5.41) is 11.3. The first-order valence-electron chi connectivity index (χ1n) is 5.86. The molecule has 1 aromatic rings. The summed E-state index contributed by atoms with van der Waals surface area (Å²) >= 11 is 0. The summed E-state index contributed by atoms with van der Waals surface area (Å²) in [7, 11) is -3.31. The third-order valence-electron chi connectivity index (χ3n) is 3.05. The average Bonchev–Trinajstić information content (AvgIpc) is 2.34. The van der Waals surface area contributed by atoms with Crippen molar-refractivity contribution in [3.63, 3.8) is 0 Å². The average molecular weight is 299 g/mol. The maximum absolute atomic E-state index is 11.9. The molecule has 110 valence electrons. The van der Waals surface area contributed by atoms with Gasteiger partial charge < -0.3 is 10.4 Å². The molecule has 0 bridgehead atoms. The fourth-order valence-corrected chi connectivity index (χ4v) is 1.65. The molecule has 0 unspecified atom stereocenters. The first-order valence-corrected chi connectivity index (χ1v) is 7.75. The van der Waals surface area contributed by atoms with Crippen LogP contribution in [0.15, 0.2) is 24.3 Å². The Bertz CT molecular complexity index is 634. The Kier molecular flexibility index (Phi) is 4.54. The second-order valence-corrected chi connectivity index (χ2v) is 7.75. The number of hydrogen-bond donors (Lipinski definition) is 2. The molecule has 0 saturated heterocycles. The number of carbonyl (C=O) groups is 2. The van der Waals surface area contributed by atoms with E-state index in [9.17, 15) is 18.0 Å². The van der Waals surface area contributed by atoms with Crippen molar-refractivity contribution < 1.29 is 23.1 Å². The zero-order valence-corrected chi connectivity index (χ0v) is 12.3. The van der Waals surface area contributed by atoms with E-state index in [4.69, 9.17) is 5.11 Å². The zero-order chi connectivity index (χ0) is 15.6. The van der Waals surface area contributed by atoms with Gasteiger partial charge in [0.05, 0.1) is 10.3 Å². The summed E-state index contributed by atoms with van der Waals surface area (Å²) in [5.41, 5.74) is 0.175. The Hall–Kier alpha value is -1.89. The monoisotopic (exact) mass is 299 g/mol. The number of sulfone groups is 1. The van der Waals surface area contributed by atoms with Crippen LogP contribution in [-0.2, 0) is 9.84 Å². The third kappa shape index (κ3) is 3.80.